The molecular formula is C19H29N2+. The van der Waals surface area contributed by atoms with E-state index in [-0.39, 0.29) is 0 Å². The maximum absolute atomic E-state index is 2.43. The quantitative estimate of drug-likeness (QED) is 0.461. The largest absolute Gasteiger partial charge is 0.288 e. The first-order valence-electron chi connectivity index (χ1n) is 8.50. The Balaban J connectivity index is 2.17. The molecule has 0 spiro atoms. The van der Waals surface area contributed by atoms with E-state index in [1.54, 1.807) is 0 Å². The van der Waals surface area contributed by atoms with Crippen molar-refractivity contribution >= 4 is 0 Å². The van der Waals surface area contributed by atoms with Gasteiger partial charge in [0.15, 0.2) is 0 Å². The van der Waals surface area contributed by atoms with Gasteiger partial charge in [-0.2, -0.15) is 0 Å². The molecule has 21 heavy (non-hydrogen) atoms. The highest BCUT2D eigenvalue weighted by atomic mass is 15.1. The summed E-state index contributed by atoms with van der Waals surface area (Å²) in [6.45, 7) is 6.76. The Bertz CT molecular complexity index is 514. The summed E-state index contributed by atoms with van der Waals surface area (Å²) in [7, 11) is 0. The van der Waals surface area contributed by atoms with Crippen LogP contribution in [0.4, 0.5) is 0 Å². The third-order valence-electron chi connectivity index (χ3n) is 4.01. The Morgan fingerprint density at radius 3 is 2.38 bits per heavy atom. The average Bonchev–Trinajstić information content (AvgIpc) is 2.93. The third-order valence-corrected chi connectivity index (χ3v) is 4.01. The van der Waals surface area contributed by atoms with Crippen LogP contribution in [0.1, 0.15) is 52.4 Å². The molecule has 0 aliphatic heterocycles. The van der Waals surface area contributed by atoms with Crippen molar-refractivity contribution in [1.82, 2.24) is 4.57 Å². The van der Waals surface area contributed by atoms with Gasteiger partial charge in [-0.15, -0.1) is 0 Å². The molecule has 0 radical (unpaired) electrons. The molecule has 1 heterocycles. The second-order valence-electron chi connectivity index (χ2n) is 5.79. The summed E-state index contributed by atoms with van der Waals surface area (Å²) in [5.74, 6) is 1.36. The molecular weight excluding hydrogens is 256 g/mol. The topological polar surface area (TPSA) is 8.81 Å². The molecule has 1 aromatic carbocycles. The third kappa shape index (κ3) is 4.45. The van der Waals surface area contributed by atoms with Gasteiger partial charge in [0.25, 0.3) is 5.82 Å². The summed E-state index contributed by atoms with van der Waals surface area (Å²) in [6, 6.07) is 10.8. The predicted molar refractivity (Wildman–Crippen MR) is 89.1 cm³/mol. The van der Waals surface area contributed by atoms with Crippen LogP contribution in [0.5, 0.6) is 0 Å². The summed E-state index contributed by atoms with van der Waals surface area (Å²) >= 11 is 0. The number of nitrogens with zero attached hydrogens (tertiary/aromatic N) is 2. The van der Waals surface area contributed by atoms with Crippen molar-refractivity contribution in [3.8, 4) is 11.4 Å². The molecule has 1 aromatic heterocycles. The van der Waals surface area contributed by atoms with Crippen LogP contribution in [0, 0.1) is 0 Å². The van der Waals surface area contributed by atoms with Crippen molar-refractivity contribution in [2.24, 2.45) is 0 Å². The van der Waals surface area contributed by atoms with E-state index in [0.29, 0.717) is 0 Å². The van der Waals surface area contributed by atoms with E-state index >= 15 is 0 Å². The average molecular weight is 285 g/mol. The minimum atomic E-state index is 1.11. The van der Waals surface area contributed by atoms with Crippen LogP contribution < -0.4 is 4.57 Å². The van der Waals surface area contributed by atoms with Gasteiger partial charge in [0.1, 0.15) is 12.4 Å². The fourth-order valence-electron chi connectivity index (χ4n) is 2.78. The Kier molecular flexibility index (Phi) is 6.52. The Labute approximate surface area is 129 Å². The normalized spacial score (nSPS) is 11.0. The molecule has 2 aromatic rings. The molecule has 0 saturated heterocycles. The molecule has 0 aliphatic carbocycles. The van der Waals surface area contributed by atoms with E-state index < -0.39 is 0 Å². The zero-order valence-corrected chi connectivity index (χ0v) is 13.6. The Morgan fingerprint density at radius 2 is 1.67 bits per heavy atom. The standard InChI is InChI=1S/C19H29N2/c1-3-5-7-11-15-21-17-16-20(14-6-4-2)19(21)18-12-9-8-10-13-18/h8-10,12-13,16-17H,3-7,11,14-15H2,1-2H3/q+1. The van der Waals surface area contributed by atoms with Crippen molar-refractivity contribution in [1.29, 1.82) is 0 Å². The number of benzene rings is 1. The maximum Gasteiger partial charge on any atom is 0.288 e. The maximum atomic E-state index is 2.43. The summed E-state index contributed by atoms with van der Waals surface area (Å²) in [5, 5.41) is 0. The number of hydrogen-bond acceptors (Lipinski definition) is 0. The molecule has 0 unspecified atom stereocenters. The Morgan fingerprint density at radius 1 is 0.905 bits per heavy atom. The minimum Gasteiger partial charge on any atom is -0.230 e. The first-order valence-corrected chi connectivity index (χ1v) is 8.50. The van der Waals surface area contributed by atoms with Crippen LogP contribution in [-0.2, 0) is 13.1 Å². The van der Waals surface area contributed by atoms with E-state index in [1.807, 2.05) is 0 Å². The summed E-state index contributed by atoms with van der Waals surface area (Å²) < 4.78 is 4.85. The van der Waals surface area contributed by atoms with Gasteiger partial charge in [-0.3, -0.25) is 0 Å². The summed E-state index contributed by atoms with van der Waals surface area (Å²) in [4.78, 5) is 0. The summed E-state index contributed by atoms with van der Waals surface area (Å²) in [5.41, 5.74) is 1.33. The molecule has 114 valence electrons. The molecule has 2 nitrogen and oxygen atoms in total. The summed E-state index contributed by atoms with van der Waals surface area (Å²) in [6.07, 6.45) is 12.2. The number of unbranched alkanes of at least 4 members (excludes halogenated alkanes) is 4. The van der Waals surface area contributed by atoms with Crippen molar-refractivity contribution in [2.45, 2.75) is 65.5 Å². The lowest BCUT2D eigenvalue weighted by Gasteiger charge is -2.05. The first-order chi connectivity index (χ1) is 10.4. The van der Waals surface area contributed by atoms with Crippen LogP contribution in [0.25, 0.3) is 11.4 Å². The lowest BCUT2D eigenvalue weighted by atomic mass is 10.2. The van der Waals surface area contributed by atoms with Gasteiger partial charge < -0.3 is 0 Å². The van der Waals surface area contributed by atoms with Gasteiger partial charge in [0.2, 0.25) is 0 Å². The smallest absolute Gasteiger partial charge is 0.230 e. The van der Waals surface area contributed by atoms with Crippen LogP contribution in [0.3, 0.4) is 0 Å². The number of hydrogen-bond donors (Lipinski definition) is 0. The lowest BCUT2D eigenvalue weighted by molar-refractivity contribution is -0.686. The van der Waals surface area contributed by atoms with E-state index in [9.17, 15) is 0 Å². The fourth-order valence-corrected chi connectivity index (χ4v) is 2.78. The Hall–Kier alpha value is -1.57. The van der Waals surface area contributed by atoms with Crippen LogP contribution in [0.2, 0.25) is 0 Å². The predicted octanol–water partition coefficient (Wildman–Crippen LogP) is 4.82. The van der Waals surface area contributed by atoms with Gasteiger partial charge >= 0.3 is 0 Å². The molecule has 2 heteroatoms. The molecule has 0 saturated carbocycles. The van der Waals surface area contributed by atoms with Gasteiger partial charge in [0, 0.05) is 0 Å². The zero-order chi connectivity index (χ0) is 14.9. The van der Waals surface area contributed by atoms with Crippen molar-refractivity contribution in [2.75, 3.05) is 0 Å². The van der Waals surface area contributed by atoms with Crippen LogP contribution >= 0.6 is 0 Å². The number of imidazole rings is 1. The molecule has 0 aliphatic rings. The lowest BCUT2D eigenvalue weighted by Crippen LogP contribution is -2.34. The molecule has 0 amide bonds. The fraction of sp³-hybridized carbons (Fsp3) is 0.526. The number of aromatic nitrogens is 2. The molecule has 0 atom stereocenters. The molecule has 0 N–H and O–H groups in total. The van der Waals surface area contributed by atoms with E-state index in [0.717, 1.165) is 13.1 Å². The molecule has 2 rings (SSSR count). The van der Waals surface area contributed by atoms with Gasteiger partial charge in [0.05, 0.1) is 18.7 Å². The zero-order valence-electron chi connectivity index (χ0n) is 13.6. The molecule has 0 bridgehead atoms. The minimum absolute atomic E-state index is 1.11. The van der Waals surface area contributed by atoms with Gasteiger partial charge in [-0.25, -0.2) is 9.13 Å². The highest BCUT2D eigenvalue weighted by molar-refractivity contribution is 5.52. The van der Waals surface area contributed by atoms with Crippen LogP contribution in [0.15, 0.2) is 42.7 Å². The van der Waals surface area contributed by atoms with E-state index in [1.165, 1.54) is 49.9 Å². The highest BCUT2D eigenvalue weighted by Gasteiger charge is 2.18. The van der Waals surface area contributed by atoms with E-state index in [2.05, 4.69) is 65.7 Å². The van der Waals surface area contributed by atoms with Gasteiger partial charge in [-0.1, -0.05) is 51.3 Å². The monoisotopic (exact) mass is 285 g/mol. The second-order valence-corrected chi connectivity index (χ2v) is 5.79. The van der Waals surface area contributed by atoms with Crippen molar-refractivity contribution in [3.05, 3.63) is 42.7 Å². The van der Waals surface area contributed by atoms with E-state index in [4.69, 9.17) is 0 Å². The van der Waals surface area contributed by atoms with Crippen LogP contribution in [-0.4, -0.2) is 4.57 Å². The molecule has 0 fully saturated rings. The van der Waals surface area contributed by atoms with Crippen molar-refractivity contribution < 1.29 is 4.57 Å². The van der Waals surface area contributed by atoms with Crippen molar-refractivity contribution in [3.63, 3.8) is 0 Å². The highest BCUT2D eigenvalue weighted by Crippen LogP contribution is 2.17. The first kappa shape index (κ1) is 15.8. The second kappa shape index (κ2) is 8.66. The van der Waals surface area contributed by atoms with Gasteiger partial charge in [-0.05, 0) is 31.4 Å². The number of aryl methyl sites for hydroxylation is 2. The SMILES string of the molecule is CCCCCCn1cc[n+](CCCC)c1-c1ccccc1. The number of rotatable bonds is 9.